The summed E-state index contributed by atoms with van der Waals surface area (Å²) in [6, 6.07) is 9.27. The molecule has 0 radical (unpaired) electrons. The van der Waals surface area contributed by atoms with Gasteiger partial charge in [-0.15, -0.1) is 0 Å². The molecular weight excluding hydrogens is 411 g/mol. The fourth-order valence-electron chi connectivity index (χ4n) is 2.40. The summed E-state index contributed by atoms with van der Waals surface area (Å²) in [5.74, 6) is -0.144. The summed E-state index contributed by atoms with van der Waals surface area (Å²) < 4.78 is 21.2. The summed E-state index contributed by atoms with van der Waals surface area (Å²) in [5.41, 5.74) is 0.642. The van der Waals surface area contributed by atoms with Crippen LogP contribution in [-0.2, 0) is 4.74 Å². The van der Waals surface area contributed by atoms with Crippen molar-refractivity contribution < 1.29 is 13.9 Å². The van der Waals surface area contributed by atoms with Crippen LogP contribution in [0.5, 0.6) is 0 Å². The summed E-state index contributed by atoms with van der Waals surface area (Å²) in [4.78, 5) is 17.2. The van der Waals surface area contributed by atoms with E-state index in [1.807, 2.05) is 0 Å². The lowest BCUT2D eigenvalue weighted by atomic mass is 10.2. The maximum absolute atomic E-state index is 13.6. The first-order chi connectivity index (χ1) is 11.7. The van der Waals surface area contributed by atoms with Crippen molar-refractivity contribution in [3.8, 4) is 11.4 Å². The maximum Gasteiger partial charge on any atom is 0.420 e. The van der Waals surface area contributed by atoms with Crippen LogP contribution in [0.2, 0.25) is 5.02 Å². The van der Waals surface area contributed by atoms with Gasteiger partial charge in [-0.05, 0) is 51.1 Å². The van der Waals surface area contributed by atoms with Gasteiger partial charge in [0.1, 0.15) is 11.4 Å². The molecule has 0 spiro atoms. The van der Waals surface area contributed by atoms with Crippen LogP contribution in [0.4, 0.5) is 9.18 Å². The van der Waals surface area contributed by atoms with Crippen LogP contribution >= 0.6 is 27.5 Å². The van der Waals surface area contributed by atoms with E-state index >= 15 is 0 Å². The monoisotopic (exact) mass is 424 g/mol. The minimum atomic E-state index is -0.688. The first-order valence-corrected chi connectivity index (χ1v) is 8.69. The van der Waals surface area contributed by atoms with Crippen molar-refractivity contribution >= 4 is 44.7 Å². The molecular formula is C18H15BrClFN2O2. The zero-order chi connectivity index (χ0) is 18.4. The van der Waals surface area contributed by atoms with Crippen LogP contribution in [0.1, 0.15) is 20.8 Å². The first-order valence-electron chi connectivity index (χ1n) is 7.52. The SMILES string of the molecule is CC(C)(C)OC(=O)n1c(-c2cc(Br)ccc2Cl)nc2cc(F)ccc21. The molecule has 3 rings (SSSR count). The molecule has 0 amide bonds. The van der Waals surface area contributed by atoms with Crippen molar-refractivity contribution in [2.45, 2.75) is 26.4 Å². The van der Waals surface area contributed by atoms with Gasteiger partial charge in [-0.1, -0.05) is 27.5 Å². The second-order valence-electron chi connectivity index (χ2n) is 6.51. The average molecular weight is 426 g/mol. The molecule has 130 valence electrons. The van der Waals surface area contributed by atoms with Gasteiger partial charge in [0, 0.05) is 16.1 Å². The molecule has 0 atom stereocenters. The van der Waals surface area contributed by atoms with Gasteiger partial charge in [-0.25, -0.2) is 18.7 Å². The van der Waals surface area contributed by atoms with Gasteiger partial charge >= 0.3 is 6.09 Å². The van der Waals surface area contributed by atoms with Crippen LogP contribution in [0.25, 0.3) is 22.4 Å². The average Bonchev–Trinajstić information content (AvgIpc) is 2.86. The summed E-state index contributed by atoms with van der Waals surface area (Å²) in [5, 5.41) is 0.420. The standard InChI is InChI=1S/C18H15BrClFN2O2/c1-18(2,3)25-17(24)23-15-7-5-11(21)9-14(15)22-16(23)12-8-10(19)4-6-13(12)20/h4-9H,1-3H3. The third-order valence-electron chi connectivity index (χ3n) is 3.36. The van der Waals surface area contributed by atoms with Crippen LogP contribution < -0.4 is 0 Å². The Morgan fingerprint density at radius 2 is 1.96 bits per heavy atom. The predicted octanol–water partition coefficient (Wildman–Crippen LogP) is 6.04. The topological polar surface area (TPSA) is 44.1 Å². The Morgan fingerprint density at radius 3 is 2.64 bits per heavy atom. The van der Waals surface area contributed by atoms with Gasteiger partial charge in [-0.3, -0.25) is 0 Å². The third kappa shape index (κ3) is 3.70. The van der Waals surface area contributed by atoms with E-state index in [1.54, 1.807) is 39.0 Å². The number of aromatic nitrogens is 2. The lowest BCUT2D eigenvalue weighted by molar-refractivity contribution is 0.0546. The molecule has 0 aliphatic carbocycles. The van der Waals surface area contributed by atoms with Gasteiger partial charge in [0.15, 0.2) is 5.82 Å². The van der Waals surface area contributed by atoms with Crippen molar-refractivity contribution in [2.75, 3.05) is 0 Å². The van der Waals surface area contributed by atoms with Crippen LogP contribution in [-0.4, -0.2) is 21.2 Å². The van der Waals surface area contributed by atoms with E-state index < -0.39 is 17.5 Å². The number of carbonyl (C=O) groups excluding carboxylic acids is 1. The largest absolute Gasteiger partial charge is 0.443 e. The Kier molecular flexibility index (Phi) is 4.60. The van der Waals surface area contributed by atoms with E-state index in [0.717, 1.165) is 4.47 Å². The molecule has 2 aromatic carbocycles. The van der Waals surface area contributed by atoms with Gasteiger partial charge in [0.2, 0.25) is 0 Å². The zero-order valence-electron chi connectivity index (χ0n) is 13.8. The van der Waals surface area contributed by atoms with E-state index in [9.17, 15) is 9.18 Å². The lowest BCUT2D eigenvalue weighted by Crippen LogP contribution is -2.27. The summed E-state index contributed by atoms with van der Waals surface area (Å²) >= 11 is 9.69. The fourth-order valence-corrected chi connectivity index (χ4v) is 2.96. The number of ether oxygens (including phenoxy) is 1. The second-order valence-corrected chi connectivity index (χ2v) is 7.83. The molecule has 0 N–H and O–H groups in total. The van der Waals surface area contributed by atoms with Crippen molar-refractivity contribution in [1.82, 2.24) is 9.55 Å². The summed E-state index contributed by atoms with van der Waals surface area (Å²) in [6.45, 7) is 5.32. The van der Waals surface area contributed by atoms with Gasteiger partial charge in [-0.2, -0.15) is 0 Å². The van der Waals surface area contributed by atoms with Crippen molar-refractivity contribution in [2.24, 2.45) is 0 Å². The summed E-state index contributed by atoms with van der Waals surface area (Å²) in [7, 11) is 0. The molecule has 0 saturated carbocycles. The molecule has 3 aromatic rings. The molecule has 0 aliphatic heterocycles. The Morgan fingerprint density at radius 1 is 1.24 bits per heavy atom. The van der Waals surface area contributed by atoms with Crippen molar-refractivity contribution in [3.63, 3.8) is 0 Å². The Bertz CT molecular complexity index is 979. The van der Waals surface area contributed by atoms with Crippen molar-refractivity contribution in [1.29, 1.82) is 0 Å². The highest BCUT2D eigenvalue weighted by atomic mass is 79.9. The van der Waals surface area contributed by atoms with Crippen LogP contribution in [0.3, 0.4) is 0 Å². The molecule has 0 unspecified atom stereocenters. The Labute approximate surface area is 157 Å². The van der Waals surface area contributed by atoms with E-state index in [4.69, 9.17) is 16.3 Å². The van der Waals surface area contributed by atoms with E-state index in [-0.39, 0.29) is 0 Å². The number of halogens is 3. The number of hydrogen-bond donors (Lipinski definition) is 0. The quantitative estimate of drug-likeness (QED) is 0.477. The first kappa shape index (κ1) is 17.9. The van der Waals surface area contributed by atoms with Crippen molar-refractivity contribution in [3.05, 3.63) is 51.7 Å². The normalized spacial score (nSPS) is 11.8. The molecule has 25 heavy (non-hydrogen) atoms. The predicted molar refractivity (Wildman–Crippen MR) is 99.5 cm³/mol. The number of imidazole rings is 1. The van der Waals surface area contributed by atoms with Gasteiger partial charge in [0.25, 0.3) is 0 Å². The number of fused-ring (bicyclic) bond motifs is 1. The number of benzene rings is 2. The fraction of sp³-hybridized carbons (Fsp3) is 0.222. The van der Waals surface area contributed by atoms with E-state index in [0.29, 0.717) is 27.4 Å². The Hall–Kier alpha value is -1.92. The Balaban J connectivity index is 2.29. The second kappa shape index (κ2) is 6.42. The molecule has 1 aromatic heterocycles. The van der Waals surface area contributed by atoms with E-state index in [2.05, 4.69) is 20.9 Å². The number of rotatable bonds is 1. The maximum atomic E-state index is 13.6. The minimum absolute atomic E-state index is 0.293. The smallest absolute Gasteiger partial charge is 0.420 e. The highest BCUT2D eigenvalue weighted by molar-refractivity contribution is 9.10. The third-order valence-corrected chi connectivity index (χ3v) is 4.18. The van der Waals surface area contributed by atoms with Crippen LogP contribution in [0.15, 0.2) is 40.9 Å². The highest BCUT2D eigenvalue weighted by Crippen LogP contribution is 2.33. The molecule has 0 fully saturated rings. The molecule has 0 aliphatic rings. The molecule has 7 heteroatoms. The van der Waals surface area contributed by atoms with Gasteiger partial charge < -0.3 is 4.74 Å². The molecule has 0 bridgehead atoms. The lowest BCUT2D eigenvalue weighted by Gasteiger charge is -2.20. The van der Waals surface area contributed by atoms with Crippen LogP contribution in [0, 0.1) is 5.82 Å². The molecule has 1 heterocycles. The minimum Gasteiger partial charge on any atom is -0.443 e. The van der Waals surface area contributed by atoms with E-state index in [1.165, 1.54) is 22.8 Å². The number of nitrogens with zero attached hydrogens (tertiary/aromatic N) is 2. The zero-order valence-corrected chi connectivity index (χ0v) is 16.2. The van der Waals surface area contributed by atoms with Gasteiger partial charge in [0.05, 0.1) is 16.1 Å². The number of hydrogen-bond acceptors (Lipinski definition) is 3. The number of carbonyl (C=O) groups is 1. The highest BCUT2D eigenvalue weighted by Gasteiger charge is 2.25. The molecule has 0 saturated heterocycles. The summed E-state index contributed by atoms with van der Waals surface area (Å²) in [6.07, 6.45) is -0.604. The molecule has 4 nitrogen and oxygen atoms in total.